The van der Waals surface area contributed by atoms with E-state index in [-0.39, 0.29) is 11.8 Å². The van der Waals surface area contributed by atoms with Crippen molar-refractivity contribution in [2.75, 3.05) is 6.61 Å². The first-order valence-electron chi connectivity index (χ1n) is 16.4. The van der Waals surface area contributed by atoms with Gasteiger partial charge in [-0.25, -0.2) is 4.68 Å². The zero-order valence-electron chi connectivity index (χ0n) is 29.0. The molecule has 0 spiro atoms. The van der Waals surface area contributed by atoms with Gasteiger partial charge in [-0.1, -0.05) is 60.1 Å². The standard InChI is InChI=1S/C37H34ClN5O9S/c1-21(44)48-20-31-32(49-22(2)45)33(50-23(3)46)34(51-24(4)47)36(52-31)53-37-40-39-35(42(37)27-13-9-6-10-14-27)29-19-30(25-11-7-5-8-12-25)43(41-29)28-17-15-26(38)16-18-28/h5-19,31-34,36H,20H2,1-4H3/t31-,32+,33+,34-,36+/m1/s1. The van der Waals surface area contributed by atoms with Gasteiger partial charge in [0.05, 0.1) is 11.4 Å². The minimum Gasteiger partial charge on any atom is -0.463 e. The van der Waals surface area contributed by atoms with E-state index in [2.05, 4.69) is 10.2 Å². The summed E-state index contributed by atoms with van der Waals surface area (Å²) in [6, 6.07) is 28.2. The molecule has 5 aromatic rings. The van der Waals surface area contributed by atoms with Gasteiger partial charge in [0.15, 0.2) is 34.7 Å². The molecule has 53 heavy (non-hydrogen) atoms. The van der Waals surface area contributed by atoms with E-state index in [1.165, 1.54) is 20.8 Å². The van der Waals surface area contributed by atoms with Crippen molar-refractivity contribution in [3.8, 4) is 34.2 Å². The van der Waals surface area contributed by atoms with Crippen molar-refractivity contribution < 1.29 is 42.9 Å². The Morgan fingerprint density at radius 3 is 1.96 bits per heavy atom. The van der Waals surface area contributed by atoms with Crippen LogP contribution >= 0.6 is 23.4 Å². The Kier molecular flexibility index (Phi) is 11.6. The maximum Gasteiger partial charge on any atom is 0.303 e. The molecule has 0 amide bonds. The summed E-state index contributed by atoms with van der Waals surface area (Å²) in [5, 5.41) is 15.0. The minimum absolute atomic E-state index is 0.286. The average Bonchev–Trinajstić information content (AvgIpc) is 3.75. The lowest BCUT2D eigenvalue weighted by Crippen LogP contribution is -2.61. The van der Waals surface area contributed by atoms with Crippen molar-refractivity contribution in [1.82, 2.24) is 24.5 Å². The highest BCUT2D eigenvalue weighted by Crippen LogP contribution is 2.39. The van der Waals surface area contributed by atoms with E-state index in [1.54, 1.807) is 21.4 Å². The van der Waals surface area contributed by atoms with Gasteiger partial charge in [0.1, 0.15) is 18.4 Å². The Bertz CT molecular complexity index is 2090. The molecule has 0 radical (unpaired) electrons. The highest BCUT2D eigenvalue weighted by atomic mass is 35.5. The van der Waals surface area contributed by atoms with Gasteiger partial charge < -0.3 is 23.7 Å². The number of nitrogens with zero attached hydrogens (tertiary/aromatic N) is 5. The first-order valence-corrected chi connectivity index (χ1v) is 17.6. The van der Waals surface area contributed by atoms with Gasteiger partial charge in [-0.15, -0.1) is 10.2 Å². The van der Waals surface area contributed by atoms with Gasteiger partial charge in [-0.3, -0.25) is 23.7 Å². The number of thioether (sulfide) groups is 1. The summed E-state index contributed by atoms with van der Waals surface area (Å²) < 4.78 is 32.0. The Balaban J connectivity index is 1.47. The smallest absolute Gasteiger partial charge is 0.303 e. The molecule has 0 aliphatic carbocycles. The molecule has 0 unspecified atom stereocenters. The quantitative estimate of drug-likeness (QED) is 0.121. The second kappa shape index (κ2) is 16.4. The van der Waals surface area contributed by atoms with E-state index >= 15 is 0 Å². The van der Waals surface area contributed by atoms with E-state index in [0.717, 1.165) is 35.6 Å². The monoisotopic (exact) mass is 759 g/mol. The Morgan fingerprint density at radius 1 is 0.736 bits per heavy atom. The summed E-state index contributed by atoms with van der Waals surface area (Å²) in [6.45, 7) is 4.36. The van der Waals surface area contributed by atoms with Crippen molar-refractivity contribution in [3.63, 3.8) is 0 Å². The van der Waals surface area contributed by atoms with Crippen LogP contribution < -0.4 is 0 Å². The summed E-state index contributed by atoms with van der Waals surface area (Å²) >= 11 is 7.23. The van der Waals surface area contributed by atoms with Crippen LogP contribution in [0.4, 0.5) is 0 Å². The largest absolute Gasteiger partial charge is 0.463 e. The first kappa shape index (κ1) is 37.3. The summed E-state index contributed by atoms with van der Waals surface area (Å²) in [6.07, 6.45) is -5.08. The number of rotatable bonds is 11. The van der Waals surface area contributed by atoms with Gasteiger partial charge in [-0.05, 0) is 54.2 Å². The second-order valence-electron chi connectivity index (χ2n) is 11.8. The molecular formula is C37H34ClN5O9S. The zero-order chi connectivity index (χ0) is 37.6. The number of carbonyl (C=O) groups is 4. The molecule has 14 nitrogen and oxygen atoms in total. The maximum atomic E-state index is 12.5. The SMILES string of the molecule is CC(=O)OC[C@H]1O[C@@H](Sc2nnc(-c3cc(-c4ccccc4)n(-c4ccc(Cl)cc4)n3)n2-c2ccccc2)[C@H](OC(C)=O)[C@@H](OC(C)=O)[C@H]1OC(C)=O. The van der Waals surface area contributed by atoms with Crippen LogP contribution in [0.3, 0.4) is 0 Å². The second-order valence-corrected chi connectivity index (χ2v) is 13.3. The van der Waals surface area contributed by atoms with Crippen LogP contribution in [0.1, 0.15) is 27.7 Å². The van der Waals surface area contributed by atoms with E-state index in [4.69, 9.17) is 40.4 Å². The number of hydrogen-bond acceptors (Lipinski definition) is 13. The summed E-state index contributed by atoms with van der Waals surface area (Å²) in [5.74, 6) is -2.42. The van der Waals surface area contributed by atoms with Crippen LogP contribution in [-0.2, 0) is 42.9 Å². The topological polar surface area (TPSA) is 163 Å². The lowest BCUT2D eigenvalue weighted by atomic mass is 9.99. The molecule has 16 heteroatoms. The molecule has 1 fully saturated rings. The van der Waals surface area contributed by atoms with Crippen molar-refractivity contribution in [1.29, 1.82) is 0 Å². The molecule has 3 heterocycles. The van der Waals surface area contributed by atoms with E-state index in [9.17, 15) is 19.2 Å². The summed E-state index contributed by atoms with van der Waals surface area (Å²) in [5.41, 5.74) is 2.45. The fraction of sp³-hybridized carbons (Fsp3) is 0.270. The Hall–Kier alpha value is -5.51. The predicted molar refractivity (Wildman–Crippen MR) is 192 cm³/mol. The van der Waals surface area contributed by atoms with Gasteiger partial charge in [0, 0.05) is 44.0 Å². The van der Waals surface area contributed by atoms with Crippen molar-refractivity contribution in [3.05, 3.63) is 96.0 Å². The zero-order valence-corrected chi connectivity index (χ0v) is 30.5. The van der Waals surface area contributed by atoms with Crippen LogP contribution in [-0.4, -0.2) is 84.9 Å². The molecule has 5 atom stereocenters. The minimum atomic E-state index is -1.34. The predicted octanol–water partition coefficient (Wildman–Crippen LogP) is 5.62. The highest BCUT2D eigenvalue weighted by molar-refractivity contribution is 7.99. The number of carbonyl (C=O) groups excluding carboxylic acids is 4. The molecule has 274 valence electrons. The molecule has 0 N–H and O–H groups in total. The average molecular weight is 760 g/mol. The molecule has 1 aliphatic heterocycles. The van der Waals surface area contributed by atoms with Crippen LogP contribution in [0.5, 0.6) is 0 Å². The Morgan fingerprint density at radius 2 is 1.34 bits per heavy atom. The van der Waals surface area contributed by atoms with Crippen LogP contribution in [0.15, 0.2) is 96.2 Å². The van der Waals surface area contributed by atoms with Crippen molar-refractivity contribution in [2.45, 2.75) is 62.7 Å². The third kappa shape index (κ3) is 8.76. The number of hydrogen-bond donors (Lipinski definition) is 0. The fourth-order valence-electron chi connectivity index (χ4n) is 5.79. The maximum absolute atomic E-state index is 12.5. The van der Waals surface area contributed by atoms with Crippen molar-refractivity contribution in [2.24, 2.45) is 0 Å². The third-order valence-electron chi connectivity index (χ3n) is 7.90. The molecule has 0 bridgehead atoms. The Labute approximate surface area is 313 Å². The number of esters is 4. The molecule has 1 saturated heterocycles. The van der Waals surface area contributed by atoms with Crippen LogP contribution in [0, 0.1) is 0 Å². The fourth-order valence-corrected chi connectivity index (χ4v) is 7.06. The molecule has 0 saturated carbocycles. The van der Waals surface area contributed by atoms with E-state index < -0.39 is 53.7 Å². The molecule has 2 aromatic heterocycles. The van der Waals surface area contributed by atoms with Gasteiger partial charge >= 0.3 is 23.9 Å². The molecule has 6 rings (SSSR count). The number of aromatic nitrogens is 5. The highest BCUT2D eigenvalue weighted by Gasteiger charge is 2.53. The number of benzene rings is 3. The molecular weight excluding hydrogens is 726 g/mol. The summed E-state index contributed by atoms with van der Waals surface area (Å²) in [4.78, 5) is 48.9. The molecule has 1 aliphatic rings. The third-order valence-corrected chi connectivity index (χ3v) is 9.24. The van der Waals surface area contributed by atoms with Crippen LogP contribution in [0.25, 0.3) is 34.2 Å². The van der Waals surface area contributed by atoms with Gasteiger partial charge in [0.2, 0.25) is 0 Å². The van der Waals surface area contributed by atoms with Gasteiger partial charge in [-0.2, -0.15) is 5.10 Å². The van der Waals surface area contributed by atoms with Crippen LogP contribution in [0.2, 0.25) is 5.02 Å². The number of halogens is 1. The van der Waals surface area contributed by atoms with Crippen molar-refractivity contribution >= 4 is 47.2 Å². The summed E-state index contributed by atoms with van der Waals surface area (Å²) in [7, 11) is 0. The van der Waals surface area contributed by atoms with E-state index in [0.29, 0.717) is 22.2 Å². The lowest BCUT2D eigenvalue weighted by Gasteiger charge is -2.43. The normalized spacial score (nSPS) is 19.6. The van der Waals surface area contributed by atoms with Gasteiger partial charge in [0.25, 0.3) is 0 Å². The number of ether oxygens (including phenoxy) is 5. The first-order chi connectivity index (χ1) is 25.5. The lowest BCUT2D eigenvalue weighted by molar-refractivity contribution is -0.237. The molecule has 3 aromatic carbocycles. The van der Waals surface area contributed by atoms with E-state index in [1.807, 2.05) is 78.9 Å². The number of para-hydroxylation sites is 1.